The van der Waals surface area contributed by atoms with Crippen LogP contribution in [0.25, 0.3) is 0 Å². The molecule has 0 unspecified atom stereocenters. The van der Waals surface area contributed by atoms with E-state index in [2.05, 4.69) is 10.3 Å². The molecule has 2 aromatic carbocycles. The van der Waals surface area contributed by atoms with E-state index < -0.39 is 12.0 Å². The van der Waals surface area contributed by atoms with E-state index in [4.69, 9.17) is 4.74 Å². The number of amides is 2. The summed E-state index contributed by atoms with van der Waals surface area (Å²) in [6.07, 6.45) is 3.72. The van der Waals surface area contributed by atoms with Gasteiger partial charge in [-0.1, -0.05) is 42.5 Å². The van der Waals surface area contributed by atoms with Gasteiger partial charge in [0, 0.05) is 32.4 Å². The van der Waals surface area contributed by atoms with Gasteiger partial charge in [-0.15, -0.1) is 0 Å². The molecular weight excluding hydrogens is 392 g/mol. The van der Waals surface area contributed by atoms with Crippen molar-refractivity contribution in [3.8, 4) is 5.75 Å². The Morgan fingerprint density at radius 1 is 1.19 bits per heavy atom. The zero-order valence-electron chi connectivity index (χ0n) is 17.7. The quantitative estimate of drug-likeness (QED) is 0.640. The van der Waals surface area contributed by atoms with Crippen LogP contribution < -0.4 is 15.0 Å². The normalized spacial score (nSPS) is 16.9. The van der Waals surface area contributed by atoms with Gasteiger partial charge in [0.05, 0.1) is 18.2 Å². The summed E-state index contributed by atoms with van der Waals surface area (Å²) in [5.41, 5.74) is 1.64. The number of carbonyl (C=O) groups excluding carboxylic acids is 2. The molecule has 0 bridgehead atoms. The first-order valence-electron chi connectivity index (χ1n) is 10.4. The second-order valence-electron chi connectivity index (χ2n) is 7.55. The highest BCUT2D eigenvalue weighted by molar-refractivity contribution is 6.01. The van der Waals surface area contributed by atoms with Crippen molar-refractivity contribution in [2.75, 3.05) is 18.1 Å². The maximum absolute atomic E-state index is 13.2. The van der Waals surface area contributed by atoms with Crippen molar-refractivity contribution in [1.82, 2.24) is 14.9 Å². The molecule has 7 nitrogen and oxygen atoms in total. The Morgan fingerprint density at radius 3 is 2.65 bits per heavy atom. The fourth-order valence-corrected chi connectivity index (χ4v) is 3.93. The molecule has 1 saturated heterocycles. The lowest BCUT2D eigenvalue weighted by Gasteiger charge is -2.22. The first-order chi connectivity index (χ1) is 15.1. The van der Waals surface area contributed by atoms with Gasteiger partial charge >= 0.3 is 0 Å². The van der Waals surface area contributed by atoms with Crippen LogP contribution in [-0.4, -0.2) is 34.5 Å². The van der Waals surface area contributed by atoms with E-state index >= 15 is 0 Å². The Balaban J connectivity index is 1.54. The van der Waals surface area contributed by atoms with Crippen molar-refractivity contribution in [2.45, 2.75) is 19.4 Å². The Bertz CT molecular complexity index is 1060. The van der Waals surface area contributed by atoms with Crippen LogP contribution in [0.1, 0.15) is 30.8 Å². The second-order valence-corrected chi connectivity index (χ2v) is 7.55. The van der Waals surface area contributed by atoms with Crippen molar-refractivity contribution < 1.29 is 14.3 Å². The molecule has 1 aromatic heterocycles. The maximum atomic E-state index is 13.2. The Morgan fingerprint density at radius 2 is 1.94 bits per heavy atom. The Hall–Kier alpha value is -3.61. The summed E-state index contributed by atoms with van der Waals surface area (Å²) in [5, 5.41) is 3.12. The van der Waals surface area contributed by atoms with Crippen molar-refractivity contribution >= 4 is 17.5 Å². The molecule has 2 atom stereocenters. The first-order valence-corrected chi connectivity index (χ1v) is 10.4. The minimum atomic E-state index is -0.450. The van der Waals surface area contributed by atoms with E-state index in [0.29, 0.717) is 24.6 Å². The molecule has 1 aliphatic heterocycles. The number of benzene rings is 2. The molecule has 0 radical (unpaired) electrons. The molecule has 2 heterocycles. The smallest absolute Gasteiger partial charge is 0.227 e. The van der Waals surface area contributed by atoms with Gasteiger partial charge in [0.25, 0.3) is 0 Å². The number of nitrogens with zero attached hydrogens (tertiary/aromatic N) is 3. The minimum absolute atomic E-state index is 0.0828. The van der Waals surface area contributed by atoms with Crippen molar-refractivity contribution in [1.29, 1.82) is 0 Å². The molecular formula is C24H26N4O3. The summed E-state index contributed by atoms with van der Waals surface area (Å²) < 4.78 is 7.56. The fourth-order valence-electron chi connectivity index (χ4n) is 3.93. The van der Waals surface area contributed by atoms with E-state index in [1.54, 1.807) is 11.1 Å². The number of hydrogen-bond acceptors (Lipinski definition) is 4. The largest absolute Gasteiger partial charge is 0.492 e. The number of para-hydroxylation sites is 2. The van der Waals surface area contributed by atoms with Gasteiger partial charge in [0.2, 0.25) is 11.8 Å². The van der Waals surface area contributed by atoms with Crippen molar-refractivity contribution in [3.05, 3.63) is 78.4 Å². The lowest BCUT2D eigenvalue weighted by Crippen LogP contribution is -2.37. The summed E-state index contributed by atoms with van der Waals surface area (Å²) in [6, 6.07) is 16.8. The SMILES string of the molecule is CCOc1ccccc1N1C[C@H](C(=O)N[C@H](c2ccccc2)c2nccn2C)CC1=O. The number of imidazole rings is 1. The number of rotatable bonds is 7. The van der Waals surface area contributed by atoms with Gasteiger partial charge in [0.15, 0.2) is 0 Å². The predicted octanol–water partition coefficient (Wildman–Crippen LogP) is 3.08. The summed E-state index contributed by atoms with van der Waals surface area (Å²) in [7, 11) is 1.90. The highest BCUT2D eigenvalue weighted by Gasteiger charge is 2.37. The van der Waals surface area contributed by atoms with Gasteiger partial charge in [0.1, 0.15) is 17.6 Å². The van der Waals surface area contributed by atoms with Crippen LogP contribution in [0.5, 0.6) is 5.75 Å². The highest BCUT2D eigenvalue weighted by Crippen LogP contribution is 2.33. The molecule has 1 N–H and O–H groups in total. The Labute approximate surface area is 181 Å². The van der Waals surface area contributed by atoms with Gasteiger partial charge in [-0.3, -0.25) is 9.59 Å². The molecule has 7 heteroatoms. The average Bonchev–Trinajstić information content (AvgIpc) is 3.39. The third kappa shape index (κ3) is 4.30. The third-order valence-electron chi connectivity index (χ3n) is 5.49. The van der Waals surface area contributed by atoms with Gasteiger partial charge < -0.3 is 19.5 Å². The maximum Gasteiger partial charge on any atom is 0.227 e. The lowest BCUT2D eigenvalue weighted by molar-refractivity contribution is -0.126. The minimum Gasteiger partial charge on any atom is -0.492 e. The molecule has 0 aliphatic carbocycles. The topological polar surface area (TPSA) is 76.5 Å². The van der Waals surface area contributed by atoms with Crippen molar-refractivity contribution in [3.63, 3.8) is 0 Å². The van der Waals surface area contributed by atoms with E-state index in [1.165, 1.54) is 0 Å². The predicted molar refractivity (Wildman–Crippen MR) is 118 cm³/mol. The molecule has 31 heavy (non-hydrogen) atoms. The summed E-state index contributed by atoms with van der Waals surface area (Å²) >= 11 is 0. The second kappa shape index (κ2) is 9.04. The standard InChI is InChI=1S/C24H26N4O3/c1-3-31-20-12-8-7-11-19(20)28-16-18(15-21(28)29)24(30)26-22(17-9-5-4-6-10-17)23-25-13-14-27(23)2/h4-14,18,22H,3,15-16H2,1-2H3,(H,26,30)/t18-,22-/m1/s1. The van der Waals surface area contributed by atoms with Crippen LogP contribution in [0.3, 0.4) is 0 Å². The van der Waals surface area contributed by atoms with Crippen LogP contribution in [0.4, 0.5) is 5.69 Å². The molecule has 1 fully saturated rings. The fraction of sp³-hybridized carbons (Fsp3) is 0.292. The van der Waals surface area contributed by atoms with Gasteiger partial charge in [-0.05, 0) is 24.6 Å². The zero-order valence-corrected chi connectivity index (χ0v) is 17.7. The number of carbonyl (C=O) groups is 2. The van der Waals surface area contributed by atoms with E-state index in [0.717, 1.165) is 11.4 Å². The highest BCUT2D eigenvalue weighted by atomic mass is 16.5. The summed E-state index contributed by atoms with van der Waals surface area (Å²) in [6.45, 7) is 2.72. The molecule has 2 amide bonds. The van der Waals surface area contributed by atoms with E-state index in [-0.39, 0.29) is 18.2 Å². The van der Waals surface area contributed by atoms with Gasteiger partial charge in [-0.2, -0.15) is 0 Å². The van der Waals surface area contributed by atoms with E-state index in [9.17, 15) is 9.59 Å². The number of nitrogens with one attached hydrogen (secondary N) is 1. The van der Waals surface area contributed by atoms with Crippen LogP contribution >= 0.6 is 0 Å². The molecule has 4 rings (SSSR count). The third-order valence-corrected chi connectivity index (χ3v) is 5.49. The number of anilines is 1. The average molecular weight is 418 g/mol. The molecule has 3 aromatic rings. The molecule has 1 aliphatic rings. The number of aryl methyl sites for hydroxylation is 1. The number of ether oxygens (including phenoxy) is 1. The number of hydrogen-bond donors (Lipinski definition) is 1. The summed E-state index contributed by atoms with van der Waals surface area (Å²) in [4.78, 5) is 32.1. The van der Waals surface area contributed by atoms with Gasteiger partial charge in [-0.25, -0.2) is 4.98 Å². The Kier molecular flexibility index (Phi) is 6.02. The van der Waals surface area contributed by atoms with Crippen LogP contribution in [0.2, 0.25) is 0 Å². The van der Waals surface area contributed by atoms with Crippen molar-refractivity contribution in [2.24, 2.45) is 13.0 Å². The first kappa shape index (κ1) is 20.7. The van der Waals surface area contributed by atoms with Crippen LogP contribution in [0.15, 0.2) is 67.0 Å². The van der Waals surface area contributed by atoms with Crippen LogP contribution in [-0.2, 0) is 16.6 Å². The monoisotopic (exact) mass is 418 g/mol. The molecule has 160 valence electrons. The molecule has 0 spiro atoms. The zero-order chi connectivity index (χ0) is 21.8. The molecule has 0 saturated carbocycles. The number of aromatic nitrogens is 2. The van der Waals surface area contributed by atoms with Crippen LogP contribution in [0, 0.1) is 5.92 Å². The van der Waals surface area contributed by atoms with E-state index in [1.807, 2.05) is 79.3 Å². The summed E-state index contributed by atoms with van der Waals surface area (Å²) in [5.74, 6) is 0.688. The lowest BCUT2D eigenvalue weighted by atomic mass is 10.0.